The van der Waals surface area contributed by atoms with E-state index in [0.29, 0.717) is 17.6 Å². The predicted octanol–water partition coefficient (Wildman–Crippen LogP) is 13.9. The lowest BCUT2D eigenvalue weighted by Crippen LogP contribution is -2.06. The first kappa shape index (κ1) is 31.9. The quantitative estimate of drug-likeness (QED) is 0.176. The van der Waals surface area contributed by atoms with Crippen molar-refractivity contribution in [1.29, 1.82) is 0 Å². The Morgan fingerprint density at radius 1 is 0.386 bits per heavy atom. The minimum atomic E-state index is 0.562. The van der Waals surface area contributed by atoms with Gasteiger partial charge in [0.25, 0.3) is 0 Å². The van der Waals surface area contributed by atoms with Gasteiger partial charge in [0.2, 0.25) is 5.95 Å². The highest BCUT2D eigenvalue weighted by Gasteiger charge is 2.21. The van der Waals surface area contributed by atoms with Gasteiger partial charge in [-0.1, -0.05) is 140 Å². The summed E-state index contributed by atoms with van der Waals surface area (Å²) in [6.45, 7) is 0. The van der Waals surface area contributed by atoms with Crippen LogP contribution in [0.5, 0.6) is 0 Å². The van der Waals surface area contributed by atoms with Crippen LogP contribution in [-0.2, 0) is 0 Å². The van der Waals surface area contributed by atoms with E-state index in [2.05, 4.69) is 144 Å². The van der Waals surface area contributed by atoms with Crippen molar-refractivity contribution >= 4 is 75.3 Å². The molecule has 8 aromatic carbocycles. The van der Waals surface area contributed by atoms with E-state index in [1.165, 1.54) is 31.3 Å². The number of aromatic nitrogens is 4. The highest BCUT2D eigenvalue weighted by atomic mass is 32.1. The van der Waals surface area contributed by atoms with E-state index in [1.54, 1.807) is 0 Å². The van der Waals surface area contributed by atoms with E-state index in [0.717, 1.165) is 66.0 Å². The molecule has 57 heavy (non-hydrogen) atoms. The predicted molar refractivity (Wildman–Crippen MR) is 236 cm³/mol. The summed E-state index contributed by atoms with van der Waals surface area (Å²) in [5.74, 6) is 1.74. The third-order valence-electron chi connectivity index (χ3n) is 11.1. The number of para-hydroxylation sites is 1. The summed E-state index contributed by atoms with van der Waals surface area (Å²) in [4.78, 5) is 15.6. The van der Waals surface area contributed by atoms with Gasteiger partial charge in [0.05, 0.1) is 11.0 Å². The molecule has 0 saturated carbocycles. The second-order valence-electron chi connectivity index (χ2n) is 14.4. The van der Waals surface area contributed by atoms with Crippen molar-refractivity contribution in [3.8, 4) is 51.0 Å². The van der Waals surface area contributed by atoms with Crippen molar-refractivity contribution in [2.24, 2.45) is 0 Å². The molecule has 0 atom stereocenters. The molecule has 4 aromatic heterocycles. The van der Waals surface area contributed by atoms with E-state index >= 15 is 0 Å². The van der Waals surface area contributed by atoms with Gasteiger partial charge in [0, 0.05) is 52.8 Å². The number of fused-ring (bicyclic) bond motifs is 9. The van der Waals surface area contributed by atoms with Gasteiger partial charge in [-0.15, -0.1) is 11.3 Å². The highest BCUT2D eigenvalue weighted by Crippen LogP contribution is 2.44. The summed E-state index contributed by atoms with van der Waals surface area (Å²) in [6, 6.07) is 63.7. The maximum absolute atomic E-state index is 6.54. The Labute approximate surface area is 330 Å². The summed E-state index contributed by atoms with van der Waals surface area (Å²) in [5, 5.41) is 6.99. The molecule has 0 aliphatic heterocycles. The maximum atomic E-state index is 6.54. The minimum absolute atomic E-state index is 0.562. The van der Waals surface area contributed by atoms with E-state index in [4.69, 9.17) is 19.4 Å². The van der Waals surface area contributed by atoms with Gasteiger partial charge in [-0.3, -0.25) is 4.57 Å². The Morgan fingerprint density at radius 2 is 1.04 bits per heavy atom. The smallest absolute Gasteiger partial charge is 0.238 e. The Balaban J connectivity index is 1.09. The average molecular weight is 747 g/mol. The Kier molecular flexibility index (Phi) is 7.03. The second-order valence-corrected chi connectivity index (χ2v) is 15.5. The zero-order valence-corrected chi connectivity index (χ0v) is 31.2. The fourth-order valence-electron chi connectivity index (χ4n) is 8.50. The van der Waals surface area contributed by atoms with Crippen LogP contribution in [0, 0.1) is 0 Å². The van der Waals surface area contributed by atoms with Crippen molar-refractivity contribution in [1.82, 2.24) is 19.5 Å². The van der Waals surface area contributed by atoms with Crippen LogP contribution in [0.2, 0.25) is 0 Å². The van der Waals surface area contributed by atoms with Crippen LogP contribution < -0.4 is 0 Å². The Bertz CT molecular complexity index is 3510. The van der Waals surface area contributed by atoms with Crippen LogP contribution in [0.3, 0.4) is 0 Å². The molecular weight excluding hydrogens is 717 g/mol. The molecule has 266 valence electrons. The fourth-order valence-corrected chi connectivity index (χ4v) is 9.64. The second kappa shape index (κ2) is 12.6. The monoisotopic (exact) mass is 746 g/mol. The van der Waals surface area contributed by atoms with Crippen LogP contribution in [0.4, 0.5) is 0 Å². The van der Waals surface area contributed by atoms with Crippen molar-refractivity contribution in [2.75, 3.05) is 0 Å². The number of benzene rings is 8. The Morgan fingerprint density at radius 3 is 1.79 bits per heavy atom. The number of thiophene rings is 1. The standard InChI is InChI=1S/C51H30N4OS/c1-4-14-31(15-5-1)35-21-12-24-43-47(35)38-27-26-34(28-44(38)56-43)50-52-49(33-18-8-3-9-19-33)53-51(54-50)55-41-23-11-10-20-37(41)39-29-40-46(30-42(39)55)57-45-25-13-22-36(48(40)45)32-16-6-2-7-17-32/h1-30H. The third-order valence-corrected chi connectivity index (χ3v) is 12.2. The molecule has 12 rings (SSSR count). The summed E-state index contributed by atoms with van der Waals surface area (Å²) >= 11 is 1.82. The van der Waals surface area contributed by atoms with Crippen LogP contribution >= 0.6 is 11.3 Å². The molecule has 4 heterocycles. The van der Waals surface area contributed by atoms with Gasteiger partial charge < -0.3 is 4.42 Å². The maximum Gasteiger partial charge on any atom is 0.238 e. The first-order chi connectivity index (χ1) is 28.2. The van der Waals surface area contributed by atoms with Crippen molar-refractivity contribution in [3.05, 3.63) is 182 Å². The van der Waals surface area contributed by atoms with Gasteiger partial charge in [0.15, 0.2) is 11.6 Å². The molecule has 0 N–H and O–H groups in total. The minimum Gasteiger partial charge on any atom is -0.456 e. The topological polar surface area (TPSA) is 56.7 Å². The van der Waals surface area contributed by atoms with E-state index in [9.17, 15) is 0 Å². The molecule has 0 fully saturated rings. The molecule has 0 aliphatic rings. The van der Waals surface area contributed by atoms with Gasteiger partial charge in [-0.05, 0) is 64.7 Å². The molecule has 0 aliphatic carbocycles. The van der Waals surface area contributed by atoms with Gasteiger partial charge >= 0.3 is 0 Å². The molecule has 12 aromatic rings. The molecular formula is C51H30N4OS. The summed E-state index contributed by atoms with van der Waals surface area (Å²) in [6.07, 6.45) is 0. The molecule has 6 heteroatoms. The summed E-state index contributed by atoms with van der Waals surface area (Å²) < 4.78 is 11.2. The highest BCUT2D eigenvalue weighted by molar-refractivity contribution is 7.26. The lowest BCUT2D eigenvalue weighted by Gasteiger charge is -2.11. The van der Waals surface area contributed by atoms with Crippen molar-refractivity contribution in [2.45, 2.75) is 0 Å². The molecule has 0 bridgehead atoms. The first-order valence-corrected chi connectivity index (χ1v) is 19.8. The molecule has 0 spiro atoms. The van der Waals surface area contributed by atoms with E-state index in [1.807, 2.05) is 53.8 Å². The van der Waals surface area contributed by atoms with Crippen LogP contribution in [-0.4, -0.2) is 19.5 Å². The Hall–Kier alpha value is -7.41. The average Bonchev–Trinajstić information content (AvgIpc) is 3.95. The van der Waals surface area contributed by atoms with Crippen molar-refractivity contribution < 1.29 is 4.42 Å². The van der Waals surface area contributed by atoms with Gasteiger partial charge in [-0.25, -0.2) is 4.98 Å². The fraction of sp³-hybridized carbons (Fsp3) is 0. The zero-order chi connectivity index (χ0) is 37.5. The first-order valence-electron chi connectivity index (χ1n) is 19.0. The van der Waals surface area contributed by atoms with E-state index in [-0.39, 0.29) is 0 Å². The van der Waals surface area contributed by atoms with Gasteiger partial charge in [0.1, 0.15) is 11.2 Å². The molecule has 5 nitrogen and oxygen atoms in total. The van der Waals surface area contributed by atoms with Crippen LogP contribution in [0.25, 0.3) is 115 Å². The summed E-state index contributed by atoms with van der Waals surface area (Å²) in [5.41, 5.74) is 10.2. The normalized spacial score (nSPS) is 11.9. The SMILES string of the molecule is c1ccc(-c2nc(-c3ccc4c(c3)oc3cccc(-c5ccccc5)c34)nc(-n3c4ccccc4c4cc5c(cc43)sc3cccc(-c4ccccc4)c35)n2)cc1. The molecule has 0 amide bonds. The van der Waals surface area contributed by atoms with E-state index < -0.39 is 0 Å². The van der Waals surface area contributed by atoms with Crippen molar-refractivity contribution in [3.63, 3.8) is 0 Å². The number of nitrogens with zero attached hydrogens (tertiary/aromatic N) is 4. The number of hydrogen-bond donors (Lipinski definition) is 0. The zero-order valence-electron chi connectivity index (χ0n) is 30.4. The number of furan rings is 1. The third kappa shape index (κ3) is 5.04. The van der Waals surface area contributed by atoms with Crippen LogP contribution in [0.15, 0.2) is 186 Å². The number of rotatable bonds is 5. The number of hydrogen-bond acceptors (Lipinski definition) is 5. The molecule has 0 unspecified atom stereocenters. The lowest BCUT2D eigenvalue weighted by atomic mass is 9.99. The molecule has 0 saturated heterocycles. The van der Waals surface area contributed by atoms with Crippen LogP contribution in [0.1, 0.15) is 0 Å². The molecule has 0 radical (unpaired) electrons. The lowest BCUT2D eigenvalue weighted by molar-refractivity contribution is 0.669. The van der Waals surface area contributed by atoms with Gasteiger partial charge in [-0.2, -0.15) is 9.97 Å². The summed E-state index contributed by atoms with van der Waals surface area (Å²) in [7, 11) is 0. The largest absolute Gasteiger partial charge is 0.456 e.